The molecule has 2 rings (SSSR count). The summed E-state index contributed by atoms with van der Waals surface area (Å²) in [6, 6.07) is 6.42. The van der Waals surface area contributed by atoms with E-state index in [9.17, 15) is 9.59 Å². The van der Waals surface area contributed by atoms with Gasteiger partial charge >= 0.3 is 0 Å². The molecule has 20 heavy (non-hydrogen) atoms. The van der Waals surface area contributed by atoms with Crippen molar-refractivity contribution in [1.82, 2.24) is 4.98 Å². The number of benzene rings is 1. The van der Waals surface area contributed by atoms with Gasteiger partial charge < -0.3 is 15.8 Å². The maximum Gasteiger partial charge on any atom is 0.275 e. The molecule has 0 spiro atoms. The van der Waals surface area contributed by atoms with Crippen molar-refractivity contribution in [1.29, 1.82) is 0 Å². The molecule has 104 valence electrons. The Morgan fingerprint density at radius 2 is 2.25 bits per heavy atom. The molecule has 0 aliphatic heterocycles. The van der Waals surface area contributed by atoms with Crippen molar-refractivity contribution in [3.05, 3.63) is 45.9 Å². The van der Waals surface area contributed by atoms with Crippen molar-refractivity contribution in [3.8, 4) is 0 Å². The van der Waals surface area contributed by atoms with Crippen LogP contribution in [0.1, 0.15) is 25.9 Å². The van der Waals surface area contributed by atoms with Crippen LogP contribution in [0.3, 0.4) is 0 Å². The van der Waals surface area contributed by atoms with Gasteiger partial charge in [-0.25, -0.2) is 4.98 Å². The third kappa shape index (κ3) is 3.40. The topological polar surface area (TPSA) is 94.3 Å². The summed E-state index contributed by atoms with van der Waals surface area (Å²) >= 11 is 1.35. The third-order valence-electron chi connectivity index (χ3n) is 2.46. The van der Waals surface area contributed by atoms with Crippen molar-refractivity contribution in [2.75, 3.05) is 12.4 Å². The molecule has 1 aromatic carbocycles. The van der Waals surface area contributed by atoms with Crippen molar-refractivity contribution in [2.45, 2.75) is 6.61 Å². The van der Waals surface area contributed by atoms with E-state index in [0.717, 1.165) is 5.01 Å². The smallest absolute Gasteiger partial charge is 0.275 e. The van der Waals surface area contributed by atoms with E-state index >= 15 is 0 Å². The molecular weight excluding hydrogens is 278 g/mol. The van der Waals surface area contributed by atoms with Gasteiger partial charge in [0.05, 0.1) is 6.61 Å². The van der Waals surface area contributed by atoms with Gasteiger partial charge in [-0.3, -0.25) is 9.59 Å². The van der Waals surface area contributed by atoms with Crippen LogP contribution < -0.4 is 11.1 Å². The van der Waals surface area contributed by atoms with E-state index in [1.54, 1.807) is 30.7 Å². The first-order valence-electron chi connectivity index (χ1n) is 5.74. The molecule has 7 heteroatoms. The molecule has 0 fully saturated rings. The van der Waals surface area contributed by atoms with Crippen LogP contribution in [0.2, 0.25) is 0 Å². The highest BCUT2D eigenvalue weighted by atomic mass is 32.1. The summed E-state index contributed by atoms with van der Waals surface area (Å²) < 4.78 is 4.95. The van der Waals surface area contributed by atoms with Crippen LogP contribution in [0.5, 0.6) is 0 Å². The van der Waals surface area contributed by atoms with Gasteiger partial charge in [0.25, 0.3) is 5.91 Å². The lowest BCUT2D eigenvalue weighted by Gasteiger charge is -2.04. The Labute approximate surface area is 119 Å². The molecule has 0 unspecified atom stereocenters. The number of primary amides is 1. The number of ether oxygens (including phenoxy) is 1. The molecule has 0 bridgehead atoms. The van der Waals surface area contributed by atoms with Gasteiger partial charge in [-0.1, -0.05) is 6.07 Å². The Kier molecular flexibility index (Phi) is 4.44. The fourth-order valence-electron chi connectivity index (χ4n) is 1.55. The number of methoxy groups -OCH3 is 1. The molecule has 1 heterocycles. The molecule has 3 N–H and O–H groups in total. The molecule has 0 saturated heterocycles. The van der Waals surface area contributed by atoms with E-state index in [2.05, 4.69) is 10.3 Å². The summed E-state index contributed by atoms with van der Waals surface area (Å²) in [5.74, 6) is -0.887. The number of anilines is 1. The summed E-state index contributed by atoms with van der Waals surface area (Å²) in [6.07, 6.45) is 0. The normalized spacial score (nSPS) is 10.2. The molecule has 2 aromatic rings. The van der Waals surface area contributed by atoms with E-state index < -0.39 is 5.91 Å². The molecule has 1 aromatic heterocycles. The van der Waals surface area contributed by atoms with Gasteiger partial charge in [0.1, 0.15) is 10.7 Å². The van der Waals surface area contributed by atoms with Gasteiger partial charge in [-0.05, 0) is 18.2 Å². The van der Waals surface area contributed by atoms with Crippen LogP contribution >= 0.6 is 11.3 Å². The average molecular weight is 291 g/mol. The Bertz CT molecular complexity index is 639. The predicted molar refractivity (Wildman–Crippen MR) is 75.7 cm³/mol. The Morgan fingerprint density at radius 3 is 2.95 bits per heavy atom. The highest BCUT2D eigenvalue weighted by molar-refractivity contribution is 7.09. The van der Waals surface area contributed by atoms with Gasteiger partial charge in [0.2, 0.25) is 5.91 Å². The molecule has 0 aliphatic rings. The fraction of sp³-hybridized carbons (Fsp3) is 0.154. The van der Waals surface area contributed by atoms with E-state index in [-0.39, 0.29) is 5.91 Å². The lowest BCUT2D eigenvalue weighted by Crippen LogP contribution is -2.14. The second kappa shape index (κ2) is 6.27. The first-order chi connectivity index (χ1) is 9.60. The van der Waals surface area contributed by atoms with Crippen LogP contribution in [-0.2, 0) is 11.3 Å². The minimum atomic E-state index is -0.544. The van der Waals surface area contributed by atoms with Crippen molar-refractivity contribution in [2.24, 2.45) is 5.73 Å². The predicted octanol–water partition coefficient (Wildman–Crippen LogP) is 1.64. The zero-order valence-corrected chi connectivity index (χ0v) is 11.6. The van der Waals surface area contributed by atoms with Crippen LogP contribution in [0.4, 0.5) is 5.69 Å². The summed E-state index contributed by atoms with van der Waals surface area (Å²) in [7, 11) is 1.57. The zero-order valence-electron chi connectivity index (χ0n) is 10.8. The number of nitrogens with two attached hydrogens (primary N) is 1. The molecule has 6 nitrogen and oxygen atoms in total. The van der Waals surface area contributed by atoms with Crippen LogP contribution in [0.25, 0.3) is 0 Å². The zero-order chi connectivity index (χ0) is 14.5. The fourth-order valence-corrected chi connectivity index (χ4v) is 2.29. The highest BCUT2D eigenvalue weighted by Gasteiger charge is 2.11. The lowest BCUT2D eigenvalue weighted by molar-refractivity contribution is 0.0995. The van der Waals surface area contributed by atoms with Crippen LogP contribution in [-0.4, -0.2) is 23.9 Å². The van der Waals surface area contributed by atoms with E-state index in [1.165, 1.54) is 17.4 Å². The van der Waals surface area contributed by atoms with Crippen molar-refractivity contribution >= 4 is 28.8 Å². The summed E-state index contributed by atoms with van der Waals surface area (Å²) in [5, 5.41) is 5.05. The Hall–Kier alpha value is -2.25. The maximum atomic E-state index is 12.0. The minimum Gasteiger partial charge on any atom is -0.378 e. The van der Waals surface area contributed by atoms with E-state index in [1.807, 2.05) is 0 Å². The standard InChI is InChI=1S/C13H13N3O3S/c1-19-6-11-16-10(7-20-11)13(18)15-9-4-2-3-8(5-9)12(14)17/h2-5,7H,6H2,1H3,(H2,14,17)(H,15,18). The number of hydrogen-bond acceptors (Lipinski definition) is 5. The molecular formula is C13H13N3O3S. The molecule has 0 radical (unpaired) electrons. The summed E-state index contributed by atoms with van der Waals surface area (Å²) in [6.45, 7) is 0.370. The third-order valence-corrected chi connectivity index (χ3v) is 3.28. The number of amides is 2. The molecule has 2 amide bonds. The van der Waals surface area contributed by atoms with Crippen LogP contribution in [0.15, 0.2) is 29.6 Å². The van der Waals surface area contributed by atoms with E-state index in [0.29, 0.717) is 23.6 Å². The first kappa shape index (κ1) is 14.2. The number of thiazole rings is 1. The van der Waals surface area contributed by atoms with Gasteiger partial charge in [-0.2, -0.15) is 0 Å². The monoisotopic (exact) mass is 291 g/mol. The largest absolute Gasteiger partial charge is 0.378 e. The second-order valence-corrected chi connectivity index (χ2v) is 4.90. The molecule has 0 atom stereocenters. The summed E-state index contributed by atoms with van der Waals surface area (Å²) in [4.78, 5) is 27.2. The van der Waals surface area contributed by atoms with Gasteiger partial charge in [-0.15, -0.1) is 11.3 Å². The molecule has 0 saturated carbocycles. The second-order valence-electron chi connectivity index (χ2n) is 3.96. The average Bonchev–Trinajstić information content (AvgIpc) is 2.88. The number of carbonyl (C=O) groups is 2. The van der Waals surface area contributed by atoms with Crippen molar-refractivity contribution in [3.63, 3.8) is 0 Å². The van der Waals surface area contributed by atoms with Crippen LogP contribution in [0, 0.1) is 0 Å². The summed E-state index contributed by atoms with van der Waals surface area (Å²) in [5.41, 5.74) is 6.32. The number of rotatable bonds is 5. The lowest BCUT2D eigenvalue weighted by atomic mass is 10.2. The number of nitrogens with one attached hydrogen (secondary N) is 1. The molecule has 0 aliphatic carbocycles. The van der Waals surface area contributed by atoms with Gasteiger partial charge in [0, 0.05) is 23.7 Å². The number of nitrogens with zero attached hydrogens (tertiary/aromatic N) is 1. The first-order valence-corrected chi connectivity index (χ1v) is 6.62. The number of hydrogen-bond donors (Lipinski definition) is 2. The van der Waals surface area contributed by atoms with Crippen molar-refractivity contribution < 1.29 is 14.3 Å². The maximum absolute atomic E-state index is 12.0. The van der Waals surface area contributed by atoms with E-state index in [4.69, 9.17) is 10.5 Å². The van der Waals surface area contributed by atoms with Gasteiger partial charge in [0.15, 0.2) is 0 Å². The Balaban J connectivity index is 2.10. The number of carbonyl (C=O) groups excluding carboxylic acids is 2. The SMILES string of the molecule is COCc1nc(C(=O)Nc2cccc(C(N)=O)c2)cs1. The minimum absolute atomic E-state index is 0.312. The Morgan fingerprint density at radius 1 is 1.45 bits per heavy atom. The highest BCUT2D eigenvalue weighted by Crippen LogP contribution is 2.14. The quantitative estimate of drug-likeness (QED) is 0.875. The number of aromatic nitrogens is 1.